The molecule has 0 amide bonds. The molecule has 0 aromatic heterocycles. The minimum absolute atomic E-state index is 0.0136. The summed E-state index contributed by atoms with van der Waals surface area (Å²) in [5.41, 5.74) is 6.86. The second-order valence-corrected chi connectivity index (χ2v) is 7.06. The van der Waals surface area contributed by atoms with Crippen molar-refractivity contribution >= 4 is 11.6 Å². The van der Waals surface area contributed by atoms with Gasteiger partial charge in [0.15, 0.2) is 11.7 Å². The summed E-state index contributed by atoms with van der Waals surface area (Å²) in [6.07, 6.45) is 5.76. The Hall–Kier alpha value is -1.79. The number of hydrogen-bond donors (Lipinski definition) is 2. The van der Waals surface area contributed by atoms with Gasteiger partial charge in [0.25, 0.3) is 0 Å². The van der Waals surface area contributed by atoms with Gasteiger partial charge < -0.3 is 25.3 Å². The molecule has 25 heavy (non-hydrogen) atoms. The molecule has 1 aromatic carbocycles. The van der Waals surface area contributed by atoms with Gasteiger partial charge >= 0.3 is 0 Å². The second kappa shape index (κ2) is 8.06. The monoisotopic (exact) mass is 347 g/mol. The van der Waals surface area contributed by atoms with Crippen LogP contribution in [0.4, 0.5) is 5.69 Å². The fourth-order valence-corrected chi connectivity index (χ4v) is 3.34. The average Bonchev–Trinajstić information content (AvgIpc) is 2.97. The summed E-state index contributed by atoms with van der Waals surface area (Å²) in [7, 11) is 0. The maximum Gasteiger partial charge on any atom is 0.193 e. The lowest BCUT2D eigenvalue weighted by molar-refractivity contribution is -0.186. The predicted octanol–water partition coefficient (Wildman–Crippen LogP) is 3.28. The van der Waals surface area contributed by atoms with E-state index in [4.69, 9.17) is 19.9 Å². The summed E-state index contributed by atoms with van der Waals surface area (Å²) < 4.78 is 17.7. The van der Waals surface area contributed by atoms with Crippen molar-refractivity contribution in [2.24, 2.45) is 10.7 Å². The molecule has 3 N–H and O–H groups in total. The van der Waals surface area contributed by atoms with Crippen molar-refractivity contribution in [2.75, 3.05) is 18.5 Å². The Morgan fingerprint density at radius 1 is 1.28 bits per heavy atom. The maximum absolute atomic E-state index is 6.11. The zero-order chi connectivity index (χ0) is 17.7. The number of aliphatic imine (C=N–C) groups is 1. The van der Waals surface area contributed by atoms with E-state index >= 15 is 0 Å². The quantitative estimate of drug-likeness (QED) is 0.631. The van der Waals surface area contributed by atoms with Crippen molar-refractivity contribution in [2.45, 2.75) is 63.9 Å². The van der Waals surface area contributed by atoms with Crippen LogP contribution in [0.25, 0.3) is 0 Å². The largest absolute Gasteiger partial charge is 0.491 e. The Labute approximate surface area is 149 Å². The third-order valence-electron chi connectivity index (χ3n) is 4.49. The standard InChI is InChI=1S/C19H29N3O3/c1-14(2)24-16-8-6-15(7-9-16)22-18(20)21-12-17-13-23-19(25-17)10-4-3-5-11-19/h6-9,14,17H,3-5,10-13H2,1-2H3,(H3,20,21,22). The molecule has 1 saturated heterocycles. The van der Waals surface area contributed by atoms with Crippen LogP contribution in [0.2, 0.25) is 0 Å². The topological polar surface area (TPSA) is 78.1 Å². The Morgan fingerprint density at radius 3 is 2.68 bits per heavy atom. The van der Waals surface area contributed by atoms with Gasteiger partial charge in [0.1, 0.15) is 11.9 Å². The molecule has 1 heterocycles. The first-order chi connectivity index (χ1) is 12.0. The lowest BCUT2D eigenvalue weighted by atomic mass is 9.94. The highest BCUT2D eigenvalue weighted by Gasteiger charge is 2.41. The smallest absolute Gasteiger partial charge is 0.193 e. The van der Waals surface area contributed by atoms with Crippen LogP contribution >= 0.6 is 0 Å². The first-order valence-electron chi connectivity index (χ1n) is 9.20. The van der Waals surface area contributed by atoms with Crippen molar-refractivity contribution in [3.8, 4) is 5.75 Å². The minimum Gasteiger partial charge on any atom is -0.491 e. The molecular formula is C19H29N3O3. The molecule has 1 saturated carbocycles. The van der Waals surface area contributed by atoms with Gasteiger partial charge in [-0.25, -0.2) is 0 Å². The third kappa shape index (κ3) is 5.09. The number of nitrogens with one attached hydrogen (secondary N) is 1. The molecule has 1 atom stereocenters. The lowest BCUT2D eigenvalue weighted by Gasteiger charge is -2.31. The van der Waals surface area contributed by atoms with Crippen molar-refractivity contribution in [3.05, 3.63) is 24.3 Å². The van der Waals surface area contributed by atoms with Gasteiger partial charge in [-0.1, -0.05) is 6.42 Å². The molecule has 1 spiro atoms. The van der Waals surface area contributed by atoms with E-state index in [0.717, 1.165) is 24.3 Å². The number of nitrogens with zero attached hydrogens (tertiary/aromatic N) is 1. The molecule has 1 aromatic rings. The summed E-state index contributed by atoms with van der Waals surface area (Å²) in [5, 5.41) is 3.09. The fourth-order valence-electron chi connectivity index (χ4n) is 3.34. The molecule has 1 aliphatic heterocycles. The molecule has 2 fully saturated rings. The van der Waals surface area contributed by atoms with Crippen LogP contribution in [0, 0.1) is 0 Å². The molecule has 0 bridgehead atoms. The minimum atomic E-state index is -0.354. The number of anilines is 1. The van der Waals surface area contributed by atoms with Crippen LogP contribution in [-0.2, 0) is 9.47 Å². The van der Waals surface area contributed by atoms with E-state index in [1.54, 1.807) is 0 Å². The van der Waals surface area contributed by atoms with Crippen LogP contribution in [0.15, 0.2) is 29.3 Å². The summed E-state index contributed by atoms with van der Waals surface area (Å²) >= 11 is 0. The zero-order valence-electron chi connectivity index (χ0n) is 15.2. The van der Waals surface area contributed by atoms with Crippen LogP contribution < -0.4 is 15.8 Å². The van der Waals surface area contributed by atoms with Gasteiger partial charge in [-0.3, -0.25) is 4.99 Å². The summed E-state index contributed by atoms with van der Waals surface area (Å²) in [6.45, 7) is 5.11. The molecule has 1 aliphatic carbocycles. The van der Waals surface area contributed by atoms with Gasteiger partial charge in [-0.05, 0) is 51.0 Å². The van der Waals surface area contributed by atoms with Crippen molar-refractivity contribution < 1.29 is 14.2 Å². The second-order valence-electron chi connectivity index (χ2n) is 7.06. The molecule has 6 heteroatoms. The fraction of sp³-hybridized carbons (Fsp3) is 0.632. The van der Waals surface area contributed by atoms with Gasteiger partial charge in [0, 0.05) is 18.5 Å². The van der Waals surface area contributed by atoms with Crippen molar-refractivity contribution in [3.63, 3.8) is 0 Å². The molecule has 3 rings (SSSR count). The van der Waals surface area contributed by atoms with E-state index < -0.39 is 0 Å². The molecule has 0 radical (unpaired) electrons. The highest BCUT2D eigenvalue weighted by molar-refractivity contribution is 5.92. The highest BCUT2D eigenvalue weighted by Crippen LogP contribution is 2.37. The van der Waals surface area contributed by atoms with E-state index in [1.807, 2.05) is 38.1 Å². The van der Waals surface area contributed by atoms with Gasteiger partial charge in [0.05, 0.1) is 19.3 Å². The zero-order valence-corrected chi connectivity index (χ0v) is 15.2. The van der Waals surface area contributed by atoms with Crippen LogP contribution in [0.3, 0.4) is 0 Å². The van der Waals surface area contributed by atoms with E-state index in [-0.39, 0.29) is 18.0 Å². The summed E-state index contributed by atoms with van der Waals surface area (Å²) in [4.78, 5) is 4.40. The van der Waals surface area contributed by atoms with Crippen LogP contribution in [-0.4, -0.2) is 37.1 Å². The number of ether oxygens (including phenoxy) is 3. The molecule has 6 nitrogen and oxygen atoms in total. The molecule has 1 unspecified atom stereocenters. The molecular weight excluding hydrogens is 318 g/mol. The summed E-state index contributed by atoms with van der Waals surface area (Å²) in [6, 6.07) is 7.67. The average molecular weight is 347 g/mol. The molecule has 2 aliphatic rings. The lowest BCUT2D eigenvalue weighted by Crippen LogP contribution is -2.34. The third-order valence-corrected chi connectivity index (χ3v) is 4.49. The van der Waals surface area contributed by atoms with E-state index in [9.17, 15) is 0 Å². The van der Waals surface area contributed by atoms with Crippen molar-refractivity contribution in [1.82, 2.24) is 0 Å². The summed E-state index contributed by atoms with van der Waals surface area (Å²) in [5.74, 6) is 0.864. The van der Waals surface area contributed by atoms with E-state index in [2.05, 4.69) is 10.3 Å². The number of benzene rings is 1. The Kier molecular flexibility index (Phi) is 5.81. The number of nitrogens with two attached hydrogens (primary N) is 1. The van der Waals surface area contributed by atoms with Gasteiger partial charge in [0.2, 0.25) is 0 Å². The highest BCUT2D eigenvalue weighted by atomic mass is 16.7. The Morgan fingerprint density at radius 2 is 2.00 bits per heavy atom. The van der Waals surface area contributed by atoms with E-state index in [1.165, 1.54) is 19.3 Å². The number of guanidine groups is 1. The first-order valence-corrected chi connectivity index (χ1v) is 9.20. The Balaban J connectivity index is 1.47. The van der Waals surface area contributed by atoms with Gasteiger partial charge in [-0.2, -0.15) is 0 Å². The van der Waals surface area contributed by atoms with E-state index in [0.29, 0.717) is 19.1 Å². The SMILES string of the molecule is CC(C)Oc1ccc(NC(N)=NCC2COC3(CCCCC3)O2)cc1. The number of hydrogen-bond acceptors (Lipinski definition) is 4. The Bertz CT molecular complexity index is 580. The maximum atomic E-state index is 6.11. The van der Waals surface area contributed by atoms with Crippen molar-refractivity contribution in [1.29, 1.82) is 0 Å². The van der Waals surface area contributed by atoms with Gasteiger partial charge in [-0.15, -0.1) is 0 Å². The molecule has 138 valence electrons. The normalized spacial score (nSPS) is 23.2. The van der Waals surface area contributed by atoms with Crippen LogP contribution in [0.1, 0.15) is 46.0 Å². The number of rotatable bonds is 5. The van der Waals surface area contributed by atoms with Crippen LogP contribution in [0.5, 0.6) is 5.75 Å². The first kappa shape index (κ1) is 18.0. The predicted molar refractivity (Wildman–Crippen MR) is 99.0 cm³/mol.